The Kier molecular flexibility index (Phi) is 6.75. The van der Waals surface area contributed by atoms with Crippen molar-refractivity contribution < 1.29 is 23.9 Å². The third-order valence-corrected chi connectivity index (χ3v) is 2.65. The van der Waals surface area contributed by atoms with Crippen LogP contribution < -0.4 is 10.6 Å². The molecule has 0 spiro atoms. The number of esters is 1. The van der Waals surface area contributed by atoms with Crippen molar-refractivity contribution in [2.45, 2.75) is 20.3 Å². The highest BCUT2D eigenvalue weighted by atomic mass is 16.5. The highest BCUT2D eigenvalue weighted by Crippen LogP contribution is 2.15. The minimum Gasteiger partial charge on any atom is -0.456 e. The number of amides is 2. The molecule has 0 aromatic heterocycles. The van der Waals surface area contributed by atoms with Crippen LogP contribution in [0.4, 0.5) is 5.69 Å². The second-order valence-electron chi connectivity index (χ2n) is 4.54. The molecule has 0 fully saturated rings. The van der Waals surface area contributed by atoms with Crippen molar-refractivity contribution in [3.63, 3.8) is 0 Å². The molecule has 1 aromatic rings. The molecule has 0 bridgehead atoms. The Morgan fingerprint density at radius 3 is 2.41 bits per heavy atom. The Morgan fingerprint density at radius 1 is 1.09 bits per heavy atom. The summed E-state index contributed by atoms with van der Waals surface area (Å²) in [6.07, 6.45) is -0.0170. The molecule has 0 aliphatic heterocycles. The lowest BCUT2D eigenvalue weighted by Gasteiger charge is -2.09. The number of nitrogens with one attached hydrogen (secondary N) is 2. The number of benzene rings is 1. The molecule has 0 heterocycles. The van der Waals surface area contributed by atoms with Crippen LogP contribution in [-0.2, 0) is 19.1 Å². The van der Waals surface area contributed by atoms with E-state index in [9.17, 15) is 19.2 Å². The first-order valence-electron chi connectivity index (χ1n) is 6.70. The molecule has 22 heavy (non-hydrogen) atoms. The number of carbonyl (C=O) groups is 4. The Balaban J connectivity index is 2.42. The molecule has 0 radical (unpaired) electrons. The van der Waals surface area contributed by atoms with Gasteiger partial charge in [0.05, 0.1) is 12.1 Å². The van der Waals surface area contributed by atoms with Gasteiger partial charge >= 0.3 is 5.97 Å². The van der Waals surface area contributed by atoms with Gasteiger partial charge in [0.25, 0.3) is 5.91 Å². The number of anilines is 1. The highest BCUT2D eigenvalue weighted by Gasteiger charge is 2.11. The lowest BCUT2D eigenvalue weighted by molar-refractivity contribution is -0.147. The summed E-state index contributed by atoms with van der Waals surface area (Å²) in [6, 6.07) is 6.56. The minimum absolute atomic E-state index is 0.0170. The van der Waals surface area contributed by atoms with Crippen LogP contribution in [0.25, 0.3) is 0 Å². The maximum atomic E-state index is 11.7. The van der Waals surface area contributed by atoms with Crippen LogP contribution >= 0.6 is 0 Å². The molecule has 0 atom stereocenters. The van der Waals surface area contributed by atoms with Gasteiger partial charge in [0.1, 0.15) is 0 Å². The third kappa shape index (κ3) is 6.17. The van der Waals surface area contributed by atoms with E-state index >= 15 is 0 Å². The van der Waals surface area contributed by atoms with Crippen molar-refractivity contribution in [1.82, 2.24) is 5.32 Å². The Morgan fingerprint density at radius 2 is 1.77 bits per heavy atom. The number of Topliss-reactive ketones (excluding diaryl/α,β-unsaturated/α-hetero) is 1. The molecular weight excluding hydrogens is 288 g/mol. The predicted molar refractivity (Wildman–Crippen MR) is 79.3 cm³/mol. The Hall–Kier alpha value is -2.70. The van der Waals surface area contributed by atoms with Crippen molar-refractivity contribution in [3.8, 4) is 0 Å². The monoisotopic (exact) mass is 306 g/mol. The summed E-state index contributed by atoms with van der Waals surface area (Å²) in [4.78, 5) is 45.1. The molecule has 2 N–H and O–H groups in total. The van der Waals surface area contributed by atoms with Crippen molar-refractivity contribution >= 4 is 29.3 Å². The Bertz CT molecular complexity index is 583. The summed E-state index contributed by atoms with van der Waals surface area (Å²) in [5.74, 6) is -1.56. The van der Waals surface area contributed by atoms with Gasteiger partial charge < -0.3 is 15.4 Å². The summed E-state index contributed by atoms with van der Waals surface area (Å²) in [7, 11) is 0. The van der Waals surface area contributed by atoms with E-state index in [1.165, 1.54) is 13.8 Å². The lowest BCUT2D eigenvalue weighted by atomic mass is 10.1. The molecule has 0 unspecified atom stereocenters. The molecule has 0 saturated carbocycles. The van der Waals surface area contributed by atoms with E-state index in [-0.39, 0.29) is 24.7 Å². The minimum atomic E-state index is -0.594. The zero-order valence-corrected chi connectivity index (χ0v) is 12.5. The second-order valence-corrected chi connectivity index (χ2v) is 4.54. The lowest BCUT2D eigenvalue weighted by Crippen LogP contribution is -2.26. The smallest absolute Gasteiger partial charge is 0.308 e. The van der Waals surface area contributed by atoms with Gasteiger partial charge in [0.2, 0.25) is 5.91 Å². The van der Waals surface area contributed by atoms with Crippen molar-refractivity contribution in [2.75, 3.05) is 18.5 Å². The third-order valence-electron chi connectivity index (χ3n) is 2.65. The zero-order chi connectivity index (χ0) is 16.5. The first-order chi connectivity index (χ1) is 10.4. The first kappa shape index (κ1) is 17.4. The van der Waals surface area contributed by atoms with E-state index in [0.717, 1.165) is 0 Å². The second kappa shape index (κ2) is 8.56. The van der Waals surface area contributed by atoms with Crippen LogP contribution in [-0.4, -0.2) is 36.7 Å². The van der Waals surface area contributed by atoms with Gasteiger partial charge in [-0.05, 0) is 19.1 Å². The van der Waals surface area contributed by atoms with Crippen molar-refractivity contribution in [2.24, 2.45) is 0 Å². The molecule has 0 aliphatic rings. The van der Waals surface area contributed by atoms with Crippen LogP contribution in [0.3, 0.4) is 0 Å². The summed E-state index contributed by atoms with van der Waals surface area (Å²) >= 11 is 0. The highest BCUT2D eigenvalue weighted by molar-refractivity contribution is 6.04. The summed E-state index contributed by atoms with van der Waals surface area (Å²) in [5.41, 5.74) is 0.752. The van der Waals surface area contributed by atoms with E-state index < -0.39 is 18.5 Å². The molecule has 7 heteroatoms. The van der Waals surface area contributed by atoms with E-state index in [1.54, 1.807) is 24.3 Å². The average molecular weight is 306 g/mol. The fourth-order valence-corrected chi connectivity index (χ4v) is 1.64. The van der Waals surface area contributed by atoms with Gasteiger partial charge in [-0.2, -0.15) is 0 Å². The van der Waals surface area contributed by atoms with Gasteiger partial charge in [-0.15, -0.1) is 0 Å². The molecule has 118 valence electrons. The Labute approximate surface area is 128 Å². The van der Waals surface area contributed by atoms with E-state index in [1.807, 2.05) is 0 Å². The topological polar surface area (TPSA) is 102 Å². The molecule has 0 saturated heterocycles. The first-order valence-corrected chi connectivity index (χ1v) is 6.70. The predicted octanol–water partition coefficient (Wildman–Crippen LogP) is 0.897. The largest absolute Gasteiger partial charge is 0.456 e. The van der Waals surface area contributed by atoms with Gasteiger partial charge in [-0.1, -0.05) is 12.1 Å². The SMILES string of the molecule is CC(=O)NCCC(=O)OCC(=O)Nc1ccccc1C(C)=O. The summed E-state index contributed by atoms with van der Waals surface area (Å²) in [6.45, 7) is 2.44. The van der Waals surface area contributed by atoms with Crippen molar-refractivity contribution in [3.05, 3.63) is 29.8 Å². The van der Waals surface area contributed by atoms with Crippen LogP contribution in [0.15, 0.2) is 24.3 Å². The van der Waals surface area contributed by atoms with Gasteiger partial charge in [-0.3, -0.25) is 19.2 Å². The fourth-order valence-electron chi connectivity index (χ4n) is 1.64. The van der Waals surface area contributed by atoms with Gasteiger partial charge in [0.15, 0.2) is 12.4 Å². The van der Waals surface area contributed by atoms with Gasteiger partial charge in [-0.25, -0.2) is 0 Å². The number of ether oxygens (including phenoxy) is 1. The summed E-state index contributed by atoms with van der Waals surface area (Å²) < 4.78 is 4.77. The number of carbonyl (C=O) groups excluding carboxylic acids is 4. The van der Waals surface area contributed by atoms with E-state index in [4.69, 9.17) is 4.74 Å². The van der Waals surface area contributed by atoms with Crippen molar-refractivity contribution in [1.29, 1.82) is 0 Å². The maximum absolute atomic E-state index is 11.7. The molecule has 2 amide bonds. The normalized spacial score (nSPS) is 9.73. The molecule has 0 aliphatic carbocycles. The van der Waals surface area contributed by atoms with E-state index in [2.05, 4.69) is 10.6 Å². The fraction of sp³-hybridized carbons (Fsp3) is 0.333. The maximum Gasteiger partial charge on any atom is 0.308 e. The van der Waals surface area contributed by atoms with E-state index in [0.29, 0.717) is 11.3 Å². The van der Waals surface area contributed by atoms with Crippen LogP contribution in [0, 0.1) is 0 Å². The van der Waals surface area contributed by atoms with Gasteiger partial charge in [0, 0.05) is 19.0 Å². The average Bonchev–Trinajstić information content (AvgIpc) is 2.45. The molecule has 1 rings (SSSR count). The number of hydrogen-bond acceptors (Lipinski definition) is 5. The number of rotatable bonds is 7. The van der Waals surface area contributed by atoms with Crippen LogP contribution in [0.1, 0.15) is 30.6 Å². The van der Waals surface area contributed by atoms with Crippen LogP contribution in [0.2, 0.25) is 0 Å². The van der Waals surface area contributed by atoms with Crippen LogP contribution in [0.5, 0.6) is 0 Å². The number of ketones is 1. The molecule has 7 nitrogen and oxygen atoms in total. The number of hydrogen-bond donors (Lipinski definition) is 2. The zero-order valence-electron chi connectivity index (χ0n) is 12.5. The number of para-hydroxylation sites is 1. The standard InChI is InChI=1S/C15H18N2O5/c1-10(18)12-5-3-4-6-13(12)17-14(20)9-22-15(21)7-8-16-11(2)19/h3-6H,7-9H2,1-2H3,(H,16,19)(H,17,20). The quantitative estimate of drug-likeness (QED) is 0.575. The molecule has 1 aromatic carbocycles. The summed E-state index contributed by atoms with van der Waals surface area (Å²) in [5, 5.41) is 4.96. The molecular formula is C15H18N2O5.